The van der Waals surface area contributed by atoms with Crippen LogP contribution in [0, 0.1) is 18.3 Å². The quantitative estimate of drug-likeness (QED) is 0.923. The average Bonchev–Trinajstić information content (AvgIpc) is 2.43. The molecule has 0 aliphatic carbocycles. The lowest BCUT2D eigenvalue weighted by molar-refractivity contribution is 0.794. The summed E-state index contributed by atoms with van der Waals surface area (Å²) in [6, 6.07) is 8.85. The van der Waals surface area contributed by atoms with E-state index in [0.29, 0.717) is 15.9 Å². The van der Waals surface area contributed by atoms with Crippen molar-refractivity contribution >= 4 is 27.4 Å². The largest absolute Gasteiger partial charge is 0.336 e. The Morgan fingerprint density at radius 2 is 2.00 bits per heavy atom. The third kappa shape index (κ3) is 2.66. The highest BCUT2D eigenvalue weighted by Crippen LogP contribution is 2.16. The van der Waals surface area contributed by atoms with Gasteiger partial charge >= 0.3 is 0 Å². The van der Waals surface area contributed by atoms with E-state index in [1.807, 2.05) is 13.0 Å². The average molecular weight is 319 g/mol. The standard InChI is InChI=1S/C13H11BrN4O/c1-8-11(14)17-12(13(19)18(8)2)16-10-5-3-9(7-15)4-6-10/h3-6H,1-2H3,(H,16,17). The van der Waals surface area contributed by atoms with Gasteiger partial charge in [0.2, 0.25) is 0 Å². The highest BCUT2D eigenvalue weighted by atomic mass is 79.9. The van der Waals surface area contributed by atoms with Crippen LogP contribution in [0.15, 0.2) is 33.7 Å². The molecular weight excluding hydrogens is 308 g/mol. The Balaban J connectivity index is 2.39. The number of benzene rings is 1. The third-order valence-electron chi connectivity index (χ3n) is 2.80. The fraction of sp³-hybridized carbons (Fsp3) is 0.154. The molecule has 0 bridgehead atoms. The molecule has 0 atom stereocenters. The number of hydrogen-bond donors (Lipinski definition) is 1. The monoisotopic (exact) mass is 318 g/mol. The molecule has 6 heteroatoms. The Morgan fingerprint density at radius 1 is 1.37 bits per heavy atom. The highest BCUT2D eigenvalue weighted by Gasteiger charge is 2.09. The molecule has 5 nitrogen and oxygen atoms in total. The summed E-state index contributed by atoms with van der Waals surface area (Å²) in [4.78, 5) is 16.2. The van der Waals surface area contributed by atoms with Gasteiger partial charge in [0.1, 0.15) is 4.60 Å². The van der Waals surface area contributed by atoms with Crippen molar-refractivity contribution < 1.29 is 0 Å². The second kappa shape index (κ2) is 5.24. The van der Waals surface area contributed by atoms with Crippen molar-refractivity contribution in [3.05, 3.63) is 50.5 Å². The van der Waals surface area contributed by atoms with Gasteiger partial charge in [-0.3, -0.25) is 4.79 Å². The first-order valence-electron chi connectivity index (χ1n) is 5.53. The Morgan fingerprint density at radius 3 is 2.58 bits per heavy atom. The van der Waals surface area contributed by atoms with Crippen molar-refractivity contribution in [1.82, 2.24) is 9.55 Å². The van der Waals surface area contributed by atoms with Crippen LogP contribution < -0.4 is 10.9 Å². The van der Waals surface area contributed by atoms with Crippen molar-refractivity contribution in [2.45, 2.75) is 6.92 Å². The van der Waals surface area contributed by atoms with Gasteiger partial charge in [-0.2, -0.15) is 5.26 Å². The topological polar surface area (TPSA) is 70.7 Å². The second-order valence-electron chi connectivity index (χ2n) is 4.01. The van der Waals surface area contributed by atoms with E-state index in [2.05, 4.69) is 26.2 Å². The minimum absolute atomic E-state index is 0.204. The van der Waals surface area contributed by atoms with E-state index < -0.39 is 0 Å². The van der Waals surface area contributed by atoms with Gasteiger partial charge in [0, 0.05) is 12.7 Å². The summed E-state index contributed by atoms with van der Waals surface area (Å²) in [5.41, 5.74) is 1.83. The lowest BCUT2D eigenvalue weighted by atomic mass is 10.2. The lowest BCUT2D eigenvalue weighted by Gasteiger charge is -2.10. The van der Waals surface area contributed by atoms with E-state index in [-0.39, 0.29) is 11.4 Å². The molecule has 0 saturated carbocycles. The summed E-state index contributed by atoms with van der Waals surface area (Å²) in [5.74, 6) is 0.240. The molecule has 1 N–H and O–H groups in total. The molecule has 0 fully saturated rings. The number of aromatic nitrogens is 2. The van der Waals surface area contributed by atoms with Gasteiger partial charge in [0.15, 0.2) is 5.82 Å². The molecule has 0 aliphatic rings. The number of anilines is 2. The predicted octanol–water partition coefficient (Wildman–Crippen LogP) is 2.47. The molecule has 0 unspecified atom stereocenters. The van der Waals surface area contributed by atoms with Gasteiger partial charge in [-0.25, -0.2) is 4.98 Å². The van der Waals surface area contributed by atoms with Crippen LogP contribution in [0.4, 0.5) is 11.5 Å². The zero-order valence-corrected chi connectivity index (χ0v) is 12.0. The van der Waals surface area contributed by atoms with Gasteiger partial charge in [-0.15, -0.1) is 0 Å². The maximum atomic E-state index is 12.0. The van der Waals surface area contributed by atoms with E-state index in [1.165, 1.54) is 4.57 Å². The van der Waals surface area contributed by atoms with Crippen LogP contribution in [0.25, 0.3) is 0 Å². The molecule has 96 valence electrons. The van der Waals surface area contributed by atoms with E-state index in [4.69, 9.17) is 5.26 Å². The van der Waals surface area contributed by atoms with Gasteiger partial charge in [0.05, 0.1) is 17.3 Å². The van der Waals surface area contributed by atoms with Gasteiger partial charge in [-0.05, 0) is 47.1 Å². The Hall–Kier alpha value is -2.13. The van der Waals surface area contributed by atoms with E-state index in [1.54, 1.807) is 31.3 Å². The molecule has 0 amide bonds. The first kappa shape index (κ1) is 13.3. The van der Waals surface area contributed by atoms with Crippen LogP contribution in [-0.4, -0.2) is 9.55 Å². The summed E-state index contributed by atoms with van der Waals surface area (Å²) in [5, 5.41) is 11.7. The number of hydrogen-bond acceptors (Lipinski definition) is 4. The van der Waals surface area contributed by atoms with Gasteiger partial charge < -0.3 is 9.88 Å². The van der Waals surface area contributed by atoms with Crippen molar-refractivity contribution in [3.63, 3.8) is 0 Å². The van der Waals surface area contributed by atoms with Crippen LogP contribution in [0.1, 0.15) is 11.3 Å². The molecule has 2 aromatic rings. The summed E-state index contributed by atoms with van der Waals surface area (Å²) < 4.78 is 2.13. The van der Waals surface area contributed by atoms with Crippen molar-refractivity contribution in [2.75, 3.05) is 5.32 Å². The number of rotatable bonds is 2. The molecule has 1 aromatic carbocycles. The molecule has 0 saturated heterocycles. The number of nitrogens with one attached hydrogen (secondary N) is 1. The normalized spacial score (nSPS) is 10.0. The van der Waals surface area contributed by atoms with Crippen molar-refractivity contribution in [3.8, 4) is 6.07 Å². The SMILES string of the molecule is Cc1c(Br)nc(Nc2ccc(C#N)cc2)c(=O)n1C. The number of nitrogens with zero attached hydrogens (tertiary/aromatic N) is 3. The highest BCUT2D eigenvalue weighted by molar-refractivity contribution is 9.10. The van der Waals surface area contributed by atoms with E-state index in [9.17, 15) is 4.79 Å². The fourth-order valence-electron chi connectivity index (χ4n) is 1.52. The van der Waals surface area contributed by atoms with Crippen LogP contribution in [-0.2, 0) is 7.05 Å². The molecule has 19 heavy (non-hydrogen) atoms. The minimum Gasteiger partial charge on any atom is -0.336 e. The van der Waals surface area contributed by atoms with E-state index in [0.717, 1.165) is 5.69 Å². The lowest BCUT2D eigenvalue weighted by Crippen LogP contribution is -2.23. The molecule has 0 spiro atoms. The third-order valence-corrected chi connectivity index (χ3v) is 3.55. The van der Waals surface area contributed by atoms with Crippen LogP contribution in [0.5, 0.6) is 0 Å². The Kier molecular flexibility index (Phi) is 3.67. The first-order valence-corrected chi connectivity index (χ1v) is 6.32. The van der Waals surface area contributed by atoms with Crippen molar-refractivity contribution in [2.24, 2.45) is 7.05 Å². The van der Waals surface area contributed by atoms with Crippen LogP contribution in [0.3, 0.4) is 0 Å². The zero-order valence-electron chi connectivity index (χ0n) is 10.4. The van der Waals surface area contributed by atoms with Crippen molar-refractivity contribution in [1.29, 1.82) is 5.26 Å². The zero-order chi connectivity index (χ0) is 14.0. The first-order chi connectivity index (χ1) is 9.02. The van der Waals surface area contributed by atoms with Gasteiger partial charge in [0.25, 0.3) is 5.56 Å². The number of nitriles is 1. The molecule has 1 heterocycles. The Bertz CT molecular complexity index is 713. The smallest absolute Gasteiger partial charge is 0.293 e. The summed E-state index contributed by atoms with van der Waals surface area (Å²) >= 11 is 3.31. The van der Waals surface area contributed by atoms with Gasteiger partial charge in [-0.1, -0.05) is 0 Å². The minimum atomic E-state index is -0.204. The second-order valence-corrected chi connectivity index (χ2v) is 4.77. The molecule has 0 aliphatic heterocycles. The molecule has 2 rings (SSSR count). The maximum absolute atomic E-state index is 12.0. The summed E-state index contributed by atoms with van der Waals surface area (Å²) in [7, 11) is 1.69. The fourth-order valence-corrected chi connectivity index (χ4v) is 1.97. The van der Waals surface area contributed by atoms with Crippen LogP contribution >= 0.6 is 15.9 Å². The molecular formula is C13H11BrN4O. The summed E-state index contributed by atoms with van der Waals surface area (Å²) in [6.07, 6.45) is 0. The van der Waals surface area contributed by atoms with Crippen LogP contribution in [0.2, 0.25) is 0 Å². The summed E-state index contributed by atoms with van der Waals surface area (Å²) in [6.45, 7) is 1.81. The predicted molar refractivity (Wildman–Crippen MR) is 76.4 cm³/mol. The molecule has 0 radical (unpaired) electrons. The molecule has 1 aromatic heterocycles. The maximum Gasteiger partial charge on any atom is 0.293 e. The number of halogens is 1. The Labute approximate surface area is 118 Å². The van der Waals surface area contributed by atoms with E-state index >= 15 is 0 Å².